The molecule has 1 saturated heterocycles. The SMILES string of the molecule is O=C(N[C@@H]1COc2ccccc21)[C@@H]1C[C@@H](O)CN1. The summed E-state index contributed by atoms with van der Waals surface area (Å²) in [6, 6.07) is 7.33. The lowest BCUT2D eigenvalue weighted by molar-refractivity contribution is -0.123. The number of aliphatic hydroxyl groups is 1. The van der Waals surface area contributed by atoms with Crippen LogP contribution in [-0.2, 0) is 4.79 Å². The molecule has 1 aromatic carbocycles. The molecule has 0 spiro atoms. The van der Waals surface area contributed by atoms with Crippen molar-refractivity contribution in [3.05, 3.63) is 29.8 Å². The molecular weight excluding hydrogens is 232 g/mol. The molecule has 0 aromatic heterocycles. The number of aliphatic hydroxyl groups excluding tert-OH is 1. The van der Waals surface area contributed by atoms with E-state index < -0.39 is 6.10 Å². The van der Waals surface area contributed by atoms with Crippen LogP contribution in [0.25, 0.3) is 0 Å². The van der Waals surface area contributed by atoms with Gasteiger partial charge >= 0.3 is 0 Å². The van der Waals surface area contributed by atoms with Crippen LogP contribution in [0.4, 0.5) is 0 Å². The van der Waals surface area contributed by atoms with Gasteiger partial charge in [0.05, 0.1) is 18.2 Å². The van der Waals surface area contributed by atoms with Gasteiger partial charge in [0.2, 0.25) is 5.91 Å². The zero-order valence-corrected chi connectivity index (χ0v) is 9.93. The molecule has 18 heavy (non-hydrogen) atoms. The fraction of sp³-hybridized carbons (Fsp3) is 0.462. The van der Waals surface area contributed by atoms with Crippen LogP contribution in [0.3, 0.4) is 0 Å². The van der Waals surface area contributed by atoms with Crippen molar-refractivity contribution in [3.63, 3.8) is 0 Å². The third-order valence-electron chi connectivity index (χ3n) is 3.44. The summed E-state index contributed by atoms with van der Waals surface area (Å²) in [5, 5.41) is 15.4. The van der Waals surface area contributed by atoms with E-state index in [9.17, 15) is 9.90 Å². The van der Waals surface area contributed by atoms with E-state index in [0.29, 0.717) is 19.6 Å². The van der Waals surface area contributed by atoms with Crippen molar-refractivity contribution in [2.24, 2.45) is 0 Å². The molecular formula is C13H16N2O3. The minimum atomic E-state index is -0.423. The van der Waals surface area contributed by atoms with Crippen LogP contribution in [0, 0.1) is 0 Å². The van der Waals surface area contributed by atoms with Crippen molar-refractivity contribution in [2.45, 2.75) is 24.6 Å². The molecule has 2 aliphatic rings. The molecule has 3 N–H and O–H groups in total. The number of rotatable bonds is 2. The maximum absolute atomic E-state index is 12.0. The van der Waals surface area contributed by atoms with E-state index in [-0.39, 0.29) is 18.0 Å². The van der Waals surface area contributed by atoms with E-state index in [0.717, 1.165) is 11.3 Å². The van der Waals surface area contributed by atoms with E-state index >= 15 is 0 Å². The highest BCUT2D eigenvalue weighted by molar-refractivity contribution is 5.82. The fourth-order valence-electron chi connectivity index (χ4n) is 2.47. The first-order chi connectivity index (χ1) is 8.74. The number of carbonyl (C=O) groups excluding carboxylic acids is 1. The van der Waals surface area contributed by atoms with Gasteiger partial charge in [-0.1, -0.05) is 18.2 Å². The largest absolute Gasteiger partial charge is 0.491 e. The maximum atomic E-state index is 12.0. The van der Waals surface area contributed by atoms with Gasteiger partial charge < -0.3 is 20.5 Å². The van der Waals surface area contributed by atoms with Gasteiger partial charge in [-0.25, -0.2) is 0 Å². The summed E-state index contributed by atoms with van der Waals surface area (Å²) in [4.78, 5) is 12.0. The molecule has 1 fully saturated rings. The zero-order valence-electron chi connectivity index (χ0n) is 9.93. The Bertz CT molecular complexity index is 463. The van der Waals surface area contributed by atoms with Gasteiger partial charge in [-0.05, 0) is 12.5 Å². The smallest absolute Gasteiger partial charge is 0.237 e. The van der Waals surface area contributed by atoms with E-state index in [2.05, 4.69) is 10.6 Å². The van der Waals surface area contributed by atoms with Gasteiger partial charge in [0.15, 0.2) is 0 Å². The van der Waals surface area contributed by atoms with E-state index in [1.807, 2.05) is 24.3 Å². The van der Waals surface area contributed by atoms with Gasteiger partial charge in [0, 0.05) is 12.1 Å². The predicted octanol–water partition coefficient (Wildman–Crippen LogP) is -0.0409. The number of ether oxygens (including phenoxy) is 1. The Morgan fingerprint density at radius 3 is 3.06 bits per heavy atom. The first-order valence-electron chi connectivity index (χ1n) is 6.17. The van der Waals surface area contributed by atoms with Crippen LogP contribution in [0.1, 0.15) is 18.0 Å². The van der Waals surface area contributed by atoms with E-state index in [4.69, 9.17) is 4.74 Å². The molecule has 0 bridgehead atoms. The Balaban J connectivity index is 1.66. The Kier molecular flexibility index (Phi) is 2.93. The number of nitrogens with one attached hydrogen (secondary N) is 2. The Labute approximate surface area is 105 Å². The molecule has 2 heterocycles. The topological polar surface area (TPSA) is 70.6 Å². The lowest BCUT2D eigenvalue weighted by Crippen LogP contribution is -2.42. The molecule has 1 aromatic rings. The van der Waals surface area contributed by atoms with Gasteiger partial charge in [-0.2, -0.15) is 0 Å². The van der Waals surface area contributed by atoms with Crippen molar-refractivity contribution in [2.75, 3.05) is 13.2 Å². The van der Waals surface area contributed by atoms with Crippen molar-refractivity contribution in [1.82, 2.24) is 10.6 Å². The number of amides is 1. The van der Waals surface area contributed by atoms with Crippen molar-refractivity contribution >= 4 is 5.91 Å². The lowest BCUT2D eigenvalue weighted by atomic mass is 10.1. The van der Waals surface area contributed by atoms with E-state index in [1.165, 1.54) is 0 Å². The number of carbonyl (C=O) groups is 1. The Hall–Kier alpha value is -1.59. The van der Waals surface area contributed by atoms with Gasteiger partial charge in [-0.15, -0.1) is 0 Å². The second-order valence-corrected chi connectivity index (χ2v) is 4.76. The normalized spacial score (nSPS) is 29.7. The van der Waals surface area contributed by atoms with Crippen molar-refractivity contribution in [1.29, 1.82) is 0 Å². The monoisotopic (exact) mass is 248 g/mol. The molecule has 2 aliphatic heterocycles. The quantitative estimate of drug-likeness (QED) is 0.687. The molecule has 3 rings (SSSR count). The molecule has 5 heteroatoms. The first kappa shape index (κ1) is 11.5. The van der Waals surface area contributed by atoms with Gasteiger partial charge in [0.1, 0.15) is 12.4 Å². The van der Waals surface area contributed by atoms with Crippen LogP contribution in [0.5, 0.6) is 5.75 Å². The zero-order chi connectivity index (χ0) is 12.5. The molecule has 0 radical (unpaired) electrons. The number of benzene rings is 1. The second kappa shape index (κ2) is 4.59. The molecule has 3 atom stereocenters. The molecule has 0 unspecified atom stereocenters. The molecule has 96 valence electrons. The number of para-hydroxylation sites is 1. The third kappa shape index (κ3) is 2.07. The highest BCUT2D eigenvalue weighted by Gasteiger charge is 2.31. The number of fused-ring (bicyclic) bond motifs is 1. The van der Waals surface area contributed by atoms with Crippen LogP contribution in [0.2, 0.25) is 0 Å². The average Bonchev–Trinajstić information content (AvgIpc) is 2.97. The van der Waals surface area contributed by atoms with Crippen molar-refractivity contribution < 1.29 is 14.6 Å². The summed E-state index contributed by atoms with van der Waals surface area (Å²) in [5.41, 5.74) is 1.02. The van der Waals surface area contributed by atoms with Crippen LogP contribution < -0.4 is 15.4 Å². The lowest BCUT2D eigenvalue weighted by Gasteiger charge is -2.15. The summed E-state index contributed by atoms with van der Waals surface area (Å²) in [5.74, 6) is 0.763. The van der Waals surface area contributed by atoms with Crippen LogP contribution in [-0.4, -0.2) is 36.3 Å². The Morgan fingerprint density at radius 2 is 2.28 bits per heavy atom. The maximum Gasteiger partial charge on any atom is 0.237 e. The minimum Gasteiger partial charge on any atom is -0.491 e. The number of hydrogen-bond donors (Lipinski definition) is 3. The summed E-state index contributed by atoms with van der Waals surface area (Å²) in [7, 11) is 0. The molecule has 5 nitrogen and oxygen atoms in total. The first-order valence-corrected chi connectivity index (χ1v) is 6.17. The number of β-amino-alcohol motifs (C(OH)–C–C–N with tert-alkyl or cyclic N) is 1. The summed E-state index contributed by atoms with van der Waals surface area (Å²) < 4.78 is 5.51. The average molecular weight is 248 g/mol. The second-order valence-electron chi connectivity index (χ2n) is 4.76. The highest BCUT2D eigenvalue weighted by atomic mass is 16.5. The Morgan fingerprint density at radius 1 is 1.44 bits per heavy atom. The summed E-state index contributed by atoms with van der Waals surface area (Å²) in [6.07, 6.45) is 0.0500. The van der Waals surface area contributed by atoms with Crippen LogP contribution >= 0.6 is 0 Å². The van der Waals surface area contributed by atoms with Gasteiger partial charge in [-0.3, -0.25) is 4.79 Å². The van der Waals surface area contributed by atoms with Crippen molar-refractivity contribution in [3.8, 4) is 5.75 Å². The molecule has 0 saturated carbocycles. The minimum absolute atomic E-state index is 0.0724. The summed E-state index contributed by atoms with van der Waals surface area (Å²) in [6.45, 7) is 0.955. The number of hydrogen-bond acceptors (Lipinski definition) is 4. The molecule has 0 aliphatic carbocycles. The third-order valence-corrected chi connectivity index (χ3v) is 3.44. The predicted molar refractivity (Wildman–Crippen MR) is 65.2 cm³/mol. The standard InChI is InChI=1S/C13H16N2O3/c16-8-5-10(14-6-8)13(17)15-11-7-18-12-4-2-1-3-9(11)12/h1-4,8,10-11,14,16H,5-7H2,(H,15,17)/t8-,10+,11-/m1/s1. The highest BCUT2D eigenvalue weighted by Crippen LogP contribution is 2.31. The fourth-order valence-corrected chi connectivity index (χ4v) is 2.47. The van der Waals surface area contributed by atoms with E-state index in [1.54, 1.807) is 0 Å². The molecule has 1 amide bonds. The summed E-state index contributed by atoms with van der Waals surface area (Å²) >= 11 is 0. The van der Waals surface area contributed by atoms with Gasteiger partial charge in [0.25, 0.3) is 0 Å². The van der Waals surface area contributed by atoms with Crippen LogP contribution in [0.15, 0.2) is 24.3 Å².